The lowest BCUT2D eigenvalue weighted by Gasteiger charge is -2.30. The van der Waals surface area contributed by atoms with Gasteiger partial charge in [0.25, 0.3) is 0 Å². The van der Waals surface area contributed by atoms with E-state index in [0.717, 1.165) is 19.5 Å². The van der Waals surface area contributed by atoms with Gasteiger partial charge >= 0.3 is 0 Å². The highest BCUT2D eigenvalue weighted by Gasteiger charge is 2.22. The van der Waals surface area contributed by atoms with Crippen molar-refractivity contribution in [2.45, 2.75) is 6.42 Å². The predicted octanol–water partition coefficient (Wildman–Crippen LogP) is 2.43. The van der Waals surface area contributed by atoms with Gasteiger partial charge < -0.3 is 10.6 Å². The van der Waals surface area contributed by atoms with E-state index in [9.17, 15) is 8.78 Å². The third-order valence-corrected chi connectivity index (χ3v) is 5.45. The fraction of sp³-hybridized carbons (Fsp3) is 0.176. The summed E-state index contributed by atoms with van der Waals surface area (Å²) in [6.07, 6.45) is 2.37. The Balaban J connectivity index is 1.62. The summed E-state index contributed by atoms with van der Waals surface area (Å²) in [7, 11) is 0. The SMILES string of the molecule is Nc1ncnc2[nH]nc(C#Cc3c(F)cc4sc(N5CCC5)nc4c3F)c12. The summed E-state index contributed by atoms with van der Waals surface area (Å²) in [5.74, 6) is 3.85. The number of aromatic amines is 1. The molecule has 1 aromatic carbocycles. The Hall–Kier alpha value is -3.32. The molecular formula is C17H11F2N7S. The average molecular weight is 383 g/mol. The number of aromatic nitrogens is 5. The molecule has 1 fully saturated rings. The van der Waals surface area contributed by atoms with Gasteiger partial charge in [-0.1, -0.05) is 17.3 Å². The number of nitrogen functional groups attached to an aromatic ring is 1. The Morgan fingerprint density at radius 1 is 1.22 bits per heavy atom. The average Bonchev–Trinajstić information content (AvgIpc) is 3.18. The smallest absolute Gasteiger partial charge is 0.186 e. The van der Waals surface area contributed by atoms with Gasteiger partial charge in [-0.25, -0.2) is 23.7 Å². The summed E-state index contributed by atoms with van der Waals surface area (Å²) in [6, 6.07) is 1.27. The van der Waals surface area contributed by atoms with Crippen LogP contribution >= 0.6 is 11.3 Å². The van der Waals surface area contributed by atoms with Crippen molar-refractivity contribution >= 4 is 43.5 Å². The minimum absolute atomic E-state index is 0.127. The van der Waals surface area contributed by atoms with Gasteiger partial charge in [0, 0.05) is 13.1 Å². The molecule has 10 heteroatoms. The molecule has 1 aliphatic heterocycles. The van der Waals surface area contributed by atoms with Crippen LogP contribution < -0.4 is 10.6 Å². The van der Waals surface area contributed by atoms with Crippen LogP contribution in [0.3, 0.4) is 0 Å². The van der Waals surface area contributed by atoms with Crippen molar-refractivity contribution in [3.8, 4) is 11.8 Å². The molecule has 1 saturated heterocycles. The van der Waals surface area contributed by atoms with E-state index >= 15 is 0 Å². The maximum absolute atomic E-state index is 14.9. The number of halogens is 2. The summed E-state index contributed by atoms with van der Waals surface area (Å²) in [6.45, 7) is 1.76. The van der Waals surface area contributed by atoms with Crippen molar-refractivity contribution in [3.05, 3.63) is 35.3 Å². The van der Waals surface area contributed by atoms with Gasteiger partial charge in [0.05, 0.1) is 15.6 Å². The molecule has 0 amide bonds. The van der Waals surface area contributed by atoms with Crippen LogP contribution in [-0.4, -0.2) is 38.2 Å². The zero-order valence-electron chi connectivity index (χ0n) is 13.8. The number of hydrogen-bond acceptors (Lipinski definition) is 7. The Kier molecular flexibility index (Phi) is 3.45. The van der Waals surface area contributed by atoms with Crippen LogP contribution in [0, 0.1) is 23.5 Å². The molecule has 5 rings (SSSR count). The van der Waals surface area contributed by atoms with Crippen LogP contribution in [0.15, 0.2) is 12.4 Å². The highest BCUT2D eigenvalue weighted by Crippen LogP contribution is 2.34. The predicted molar refractivity (Wildman–Crippen MR) is 98.4 cm³/mol. The van der Waals surface area contributed by atoms with Gasteiger partial charge in [-0.15, -0.1) is 0 Å². The van der Waals surface area contributed by atoms with Crippen LogP contribution in [0.1, 0.15) is 17.7 Å². The molecule has 134 valence electrons. The first-order valence-electron chi connectivity index (χ1n) is 8.12. The maximum Gasteiger partial charge on any atom is 0.186 e. The molecule has 0 spiro atoms. The second kappa shape index (κ2) is 5.85. The number of nitrogens with zero attached hydrogens (tertiary/aromatic N) is 5. The van der Waals surface area contributed by atoms with Crippen molar-refractivity contribution in [2.24, 2.45) is 0 Å². The first kappa shape index (κ1) is 15.9. The molecule has 0 unspecified atom stereocenters. The highest BCUT2D eigenvalue weighted by molar-refractivity contribution is 7.22. The van der Waals surface area contributed by atoms with E-state index in [4.69, 9.17) is 5.73 Å². The third kappa shape index (κ3) is 2.47. The van der Waals surface area contributed by atoms with Crippen molar-refractivity contribution < 1.29 is 8.78 Å². The minimum atomic E-state index is -0.774. The van der Waals surface area contributed by atoms with E-state index in [2.05, 4.69) is 37.0 Å². The molecular weight excluding hydrogens is 372 g/mol. The topological polar surface area (TPSA) is 96.6 Å². The normalized spacial score (nSPS) is 13.6. The van der Waals surface area contributed by atoms with E-state index in [1.54, 1.807) is 0 Å². The zero-order valence-corrected chi connectivity index (χ0v) is 14.6. The Labute approximate surface area is 155 Å². The zero-order chi connectivity index (χ0) is 18.5. The van der Waals surface area contributed by atoms with Gasteiger partial charge in [0.15, 0.2) is 16.6 Å². The first-order valence-corrected chi connectivity index (χ1v) is 8.93. The molecule has 1 aliphatic rings. The van der Waals surface area contributed by atoms with E-state index in [-0.39, 0.29) is 22.6 Å². The summed E-state index contributed by atoms with van der Waals surface area (Å²) in [5.41, 5.74) is 6.22. The molecule has 7 nitrogen and oxygen atoms in total. The second-order valence-electron chi connectivity index (χ2n) is 6.04. The Bertz CT molecular complexity index is 1260. The molecule has 27 heavy (non-hydrogen) atoms. The number of fused-ring (bicyclic) bond motifs is 2. The molecule has 0 aliphatic carbocycles. The fourth-order valence-electron chi connectivity index (χ4n) is 2.84. The molecule has 0 bridgehead atoms. The number of rotatable bonds is 1. The minimum Gasteiger partial charge on any atom is -0.383 e. The number of benzene rings is 1. The van der Waals surface area contributed by atoms with Crippen LogP contribution in [0.5, 0.6) is 0 Å². The lowest BCUT2D eigenvalue weighted by Crippen LogP contribution is -2.36. The molecule has 4 heterocycles. The molecule has 3 aromatic heterocycles. The molecule has 0 atom stereocenters. The van der Waals surface area contributed by atoms with Gasteiger partial charge in [-0.3, -0.25) is 5.10 Å². The summed E-state index contributed by atoms with van der Waals surface area (Å²) in [4.78, 5) is 14.2. The molecule has 0 saturated carbocycles. The Morgan fingerprint density at radius 2 is 2.07 bits per heavy atom. The largest absolute Gasteiger partial charge is 0.383 e. The van der Waals surface area contributed by atoms with Crippen LogP contribution in [0.4, 0.5) is 19.7 Å². The van der Waals surface area contributed by atoms with Gasteiger partial charge in [-0.2, -0.15) is 5.10 Å². The maximum atomic E-state index is 14.9. The standard InChI is InChI=1S/C17H11F2N7S/c18-9-6-11-14(23-17(27-11)26-4-1-5-26)13(19)8(9)2-3-10-12-15(20)21-7-22-16(12)25-24-10/h6-7H,1,4-5H2,(H3,20,21,22,24,25). The van der Waals surface area contributed by atoms with E-state index in [1.807, 2.05) is 4.90 Å². The third-order valence-electron chi connectivity index (χ3n) is 4.39. The molecule has 3 N–H and O–H groups in total. The van der Waals surface area contributed by atoms with Crippen molar-refractivity contribution in [2.75, 3.05) is 23.7 Å². The lowest BCUT2D eigenvalue weighted by molar-refractivity contribution is 0.584. The van der Waals surface area contributed by atoms with Crippen molar-refractivity contribution in [3.63, 3.8) is 0 Å². The van der Waals surface area contributed by atoms with E-state index in [1.165, 1.54) is 23.7 Å². The quantitative estimate of drug-likeness (QED) is 0.490. The highest BCUT2D eigenvalue weighted by atomic mass is 32.1. The lowest BCUT2D eigenvalue weighted by atomic mass is 10.1. The molecule has 4 aromatic rings. The number of anilines is 2. The Morgan fingerprint density at radius 3 is 2.85 bits per heavy atom. The summed E-state index contributed by atoms with van der Waals surface area (Å²) >= 11 is 1.27. The number of H-pyrrole nitrogens is 1. The van der Waals surface area contributed by atoms with E-state index < -0.39 is 11.6 Å². The van der Waals surface area contributed by atoms with Crippen molar-refractivity contribution in [1.82, 2.24) is 25.1 Å². The van der Waals surface area contributed by atoms with Crippen molar-refractivity contribution in [1.29, 1.82) is 0 Å². The van der Waals surface area contributed by atoms with Gasteiger partial charge in [0.2, 0.25) is 0 Å². The summed E-state index contributed by atoms with van der Waals surface area (Å²) in [5, 5.41) is 7.77. The van der Waals surface area contributed by atoms with Crippen LogP contribution in [0.25, 0.3) is 21.3 Å². The van der Waals surface area contributed by atoms with Gasteiger partial charge in [0.1, 0.15) is 29.2 Å². The van der Waals surface area contributed by atoms with E-state index in [0.29, 0.717) is 20.9 Å². The fourth-order valence-corrected chi connectivity index (χ4v) is 3.88. The molecule has 0 radical (unpaired) electrons. The summed E-state index contributed by atoms with van der Waals surface area (Å²) < 4.78 is 29.8. The number of thiazole rings is 1. The monoisotopic (exact) mass is 383 g/mol. The second-order valence-corrected chi connectivity index (χ2v) is 7.04. The van der Waals surface area contributed by atoms with Crippen LogP contribution in [0.2, 0.25) is 0 Å². The number of nitrogens with one attached hydrogen (secondary N) is 1. The van der Waals surface area contributed by atoms with Gasteiger partial charge in [-0.05, 0) is 18.4 Å². The van der Waals surface area contributed by atoms with Crippen LogP contribution in [-0.2, 0) is 0 Å². The first-order chi connectivity index (χ1) is 13.1. The number of hydrogen-bond donors (Lipinski definition) is 2. The number of nitrogens with two attached hydrogens (primary N) is 1.